The minimum atomic E-state index is -3.99. The first-order valence-electron chi connectivity index (χ1n) is 13.0. The predicted octanol–water partition coefficient (Wildman–Crippen LogP) is 3.77. The van der Waals surface area contributed by atoms with E-state index in [-0.39, 0.29) is 30.4 Å². The number of amides is 2. The van der Waals surface area contributed by atoms with Gasteiger partial charge in [-0.1, -0.05) is 42.5 Å². The monoisotopic (exact) mass is 585 g/mol. The molecule has 220 valence electrons. The lowest BCUT2D eigenvalue weighted by Crippen LogP contribution is -2.54. The van der Waals surface area contributed by atoms with Gasteiger partial charge in [-0.3, -0.25) is 13.9 Å². The van der Waals surface area contributed by atoms with Gasteiger partial charge in [0.15, 0.2) is 0 Å². The molecule has 11 heteroatoms. The smallest absolute Gasteiger partial charge is 0.244 e. The minimum absolute atomic E-state index is 0.0561. The van der Waals surface area contributed by atoms with E-state index in [0.717, 1.165) is 16.1 Å². The number of nitrogens with one attached hydrogen (secondary N) is 1. The van der Waals surface area contributed by atoms with Crippen molar-refractivity contribution in [3.63, 3.8) is 0 Å². The lowest BCUT2D eigenvalue weighted by atomic mass is 10.0. The van der Waals surface area contributed by atoms with Crippen LogP contribution in [0.4, 0.5) is 10.1 Å². The van der Waals surface area contributed by atoms with Crippen molar-refractivity contribution in [3.8, 4) is 11.5 Å². The second kappa shape index (κ2) is 14.0. The number of nitrogens with zero attached hydrogens (tertiary/aromatic N) is 2. The maximum absolute atomic E-state index is 14.1. The highest BCUT2D eigenvalue weighted by atomic mass is 32.2. The number of carbonyl (C=O) groups excluding carboxylic acids is 2. The molecule has 41 heavy (non-hydrogen) atoms. The van der Waals surface area contributed by atoms with E-state index in [2.05, 4.69) is 5.32 Å². The zero-order valence-electron chi connectivity index (χ0n) is 23.8. The van der Waals surface area contributed by atoms with Crippen molar-refractivity contribution in [2.45, 2.75) is 38.9 Å². The summed E-state index contributed by atoms with van der Waals surface area (Å²) in [5, 5.41) is 2.88. The fourth-order valence-electron chi connectivity index (χ4n) is 4.31. The Kier molecular flexibility index (Phi) is 10.7. The normalized spacial score (nSPS) is 12.0. The highest BCUT2D eigenvalue weighted by molar-refractivity contribution is 7.92. The highest BCUT2D eigenvalue weighted by Crippen LogP contribution is 2.33. The Labute approximate surface area is 240 Å². The third kappa shape index (κ3) is 8.68. The zero-order valence-corrected chi connectivity index (χ0v) is 24.7. The summed E-state index contributed by atoms with van der Waals surface area (Å²) in [4.78, 5) is 29.0. The molecule has 3 aromatic carbocycles. The maximum atomic E-state index is 14.1. The number of benzene rings is 3. The Morgan fingerprint density at radius 3 is 2.15 bits per heavy atom. The van der Waals surface area contributed by atoms with Crippen LogP contribution in [0.15, 0.2) is 72.8 Å². The van der Waals surface area contributed by atoms with E-state index < -0.39 is 40.2 Å². The van der Waals surface area contributed by atoms with Crippen LogP contribution >= 0.6 is 0 Å². The van der Waals surface area contributed by atoms with Gasteiger partial charge in [-0.25, -0.2) is 12.8 Å². The van der Waals surface area contributed by atoms with Gasteiger partial charge in [0.1, 0.15) is 29.9 Å². The van der Waals surface area contributed by atoms with E-state index in [4.69, 9.17) is 9.47 Å². The van der Waals surface area contributed by atoms with Crippen LogP contribution in [-0.4, -0.2) is 64.2 Å². The molecule has 0 aliphatic carbocycles. The van der Waals surface area contributed by atoms with Crippen molar-refractivity contribution in [2.75, 3.05) is 31.3 Å². The number of anilines is 1. The third-order valence-corrected chi connectivity index (χ3v) is 7.43. The lowest BCUT2D eigenvalue weighted by molar-refractivity contribution is -0.140. The number of sulfonamides is 1. The van der Waals surface area contributed by atoms with Crippen molar-refractivity contribution in [2.24, 2.45) is 0 Å². The Bertz CT molecular complexity index is 1430. The lowest BCUT2D eigenvalue weighted by Gasteiger charge is -2.34. The molecule has 0 aliphatic rings. The molecule has 0 aliphatic heterocycles. The Balaban J connectivity index is 2.08. The SMILES string of the molecule is COc1ccc(N(CC(=O)N(Cc2ccc(F)cc2)C(Cc2ccccc2)C(=O)NC(C)C)S(C)(=O)=O)c(OC)c1. The predicted molar refractivity (Wildman–Crippen MR) is 156 cm³/mol. The molecular formula is C30H36FN3O6S. The van der Waals surface area contributed by atoms with Crippen LogP contribution in [-0.2, 0) is 32.6 Å². The molecule has 0 bridgehead atoms. The van der Waals surface area contributed by atoms with Crippen molar-refractivity contribution in [1.29, 1.82) is 0 Å². The molecule has 0 spiro atoms. The first-order valence-corrected chi connectivity index (χ1v) is 14.9. The van der Waals surface area contributed by atoms with Gasteiger partial charge in [0.05, 0.1) is 26.2 Å². The van der Waals surface area contributed by atoms with Gasteiger partial charge in [0.25, 0.3) is 0 Å². The quantitative estimate of drug-likeness (QED) is 0.328. The highest BCUT2D eigenvalue weighted by Gasteiger charge is 2.34. The van der Waals surface area contributed by atoms with Crippen molar-refractivity contribution in [1.82, 2.24) is 10.2 Å². The van der Waals surface area contributed by atoms with Crippen LogP contribution in [0.5, 0.6) is 11.5 Å². The van der Waals surface area contributed by atoms with E-state index in [1.165, 1.54) is 55.5 Å². The molecule has 0 saturated carbocycles. The molecule has 0 saturated heterocycles. The van der Waals surface area contributed by atoms with Gasteiger partial charge in [0, 0.05) is 25.1 Å². The Morgan fingerprint density at radius 1 is 0.927 bits per heavy atom. The maximum Gasteiger partial charge on any atom is 0.244 e. The Hall–Kier alpha value is -4.12. The zero-order chi connectivity index (χ0) is 30.2. The summed E-state index contributed by atoms with van der Waals surface area (Å²) < 4.78 is 51.2. The van der Waals surface area contributed by atoms with Crippen molar-refractivity contribution in [3.05, 3.63) is 89.7 Å². The number of carbonyl (C=O) groups is 2. The summed E-state index contributed by atoms with van der Waals surface area (Å²) in [6, 6.07) is 18.2. The van der Waals surface area contributed by atoms with Crippen LogP contribution < -0.4 is 19.1 Å². The van der Waals surface area contributed by atoms with Gasteiger partial charge in [-0.15, -0.1) is 0 Å². The van der Waals surface area contributed by atoms with Gasteiger partial charge in [-0.05, 0) is 49.2 Å². The topological polar surface area (TPSA) is 105 Å². The number of methoxy groups -OCH3 is 2. The summed E-state index contributed by atoms with van der Waals surface area (Å²) in [6.45, 7) is 2.96. The second-order valence-corrected chi connectivity index (χ2v) is 11.7. The molecule has 9 nitrogen and oxygen atoms in total. The summed E-state index contributed by atoms with van der Waals surface area (Å²) in [7, 11) is -1.14. The number of hydrogen-bond acceptors (Lipinski definition) is 6. The molecule has 3 rings (SSSR count). The average Bonchev–Trinajstić information content (AvgIpc) is 2.93. The fraction of sp³-hybridized carbons (Fsp3) is 0.333. The van der Waals surface area contributed by atoms with E-state index in [9.17, 15) is 22.4 Å². The van der Waals surface area contributed by atoms with Crippen molar-refractivity contribution >= 4 is 27.5 Å². The van der Waals surface area contributed by atoms with Gasteiger partial charge in [-0.2, -0.15) is 0 Å². The number of hydrogen-bond donors (Lipinski definition) is 1. The molecule has 0 radical (unpaired) electrons. The first-order chi connectivity index (χ1) is 19.4. The molecule has 0 fully saturated rings. The van der Waals surface area contributed by atoms with Gasteiger partial charge in [0.2, 0.25) is 21.8 Å². The van der Waals surface area contributed by atoms with Crippen LogP contribution in [0.2, 0.25) is 0 Å². The number of ether oxygens (including phenoxy) is 2. The van der Waals surface area contributed by atoms with Crippen LogP contribution in [0.25, 0.3) is 0 Å². The molecule has 3 aromatic rings. The largest absolute Gasteiger partial charge is 0.497 e. The minimum Gasteiger partial charge on any atom is -0.497 e. The average molecular weight is 586 g/mol. The molecular weight excluding hydrogens is 549 g/mol. The molecule has 1 atom stereocenters. The van der Waals surface area contributed by atoms with E-state index >= 15 is 0 Å². The molecule has 0 heterocycles. The molecule has 1 unspecified atom stereocenters. The van der Waals surface area contributed by atoms with E-state index in [1.807, 2.05) is 44.2 Å². The van der Waals surface area contributed by atoms with Crippen LogP contribution in [0.1, 0.15) is 25.0 Å². The van der Waals surface area contributed by atoms with Gasteiger partial charge >= 0.3 is 0 Å². The van der Waals surface area contributed by atoms with E-state index in [0.29, 0.717) is 11.3 Å². The number of halogens is 1. The Morgan fingerprint density at radius 2 is 1.59 bits per heavy atom. The molecule has 1 N–H and O–H groups in total. The second-order valence-electron chi connectivity index (χ2n) is 9.82. The summed E-state index contributed by atoms with van der Waals surface area (Å²) in [5.41, 5.74) is 1.52. The third-order valence-electron chi connectivity index (χ3n) is 6.30. The summed E-state index contributed by atoms with van der Waals surface area (Å²) in [5.74, 6) is -0.841. The fourth-order valence-corrected chi connectivity index (χ4v) is 5.16. The van der Waals surface area contributed by atoms with Crippen LogP contribution in [0.3, 0.4) is 0 Å². The van der Waals surface area contributed by atoms with Gasteiger partial charge < -0.3 is 19.7 Å². The first kappa shape index (κ1) is 31.4. The standard InChI is InChI=1S/C30H36FN3O6S/c1-21(2)32-30(36)27(17-22-9-7-6-8-10-22)33(19-23-11-13-24(31)14-12-23)29(35)20-34(41(5,37)38)26-16-15-25(39-3)18-28(26)40-4/h6-16,18,21,27H,17,19-20H2,1-5H3,(H,32,36). The molecule has 0 aromatic heterocycles. The summed E-state index contributed by atoms with van der Waals surface area (Å²) >= 11 is 0. The summed E-state index contributed by atoms with van der Waals surface area (Å²) in [6.07, 6.45) is 1.16. The number of rotatable bonds is 13. The van der Waals surface area contributed by atoms with Crippen molar-refractivity contribution < 1.29 is 31.9 Å². The molecule has 2 amide bonds. The van der Waals surface area contributed by atoms with Crippen LogP contribution in [0, 0.1) is 5.82 Å². The van der Waals surface area contributed by atoms with E-state index in [1.54, 1.807) is 6.07 Å².